The summed E-state index contributed by atoms with van der Waals surface area (Å²) >= 11 is 0. The molecule has 0 radical (unpaired) electrons. The van der Waals surface area contributed by atoms with Gasteiger partial charge in [0.25, 0.3) is 0 Å². The average Bonchev–Trinajstić information content (AvgIpc) is 3.21. The summed E-state index contributed by atoms with van der Waals surface area (Å²) in [6.07, 6.45) is 4.31. The molecular weight excluding hydrogens is 1210 g/mol. The lowest BCUT2D eigenvalue weighted by Gasteiger charge is -2.25. The van der Waals surface area contributed by atoms with Crippen LogP contribution in [0.1, 0.15) is 82.2 Å². The topological polar surface area (TPSA) is 143 Å². The van der Waals surface area contributed by atoms with Gasteiger partial charge in [-0.25, -0.2) is 4.39 Å². The Morgan fingerprint density at radius 2 is 0.766 bits per heavy atom. The van der Waals surface area contributed by atoms with E-state index in [1.165, 1.54) is 22.3 Å². The minimum absolute atomic E-state index is 0. The lowest BCUT2D eigenvalue weighted by Crippen LogP contribution is -2.31. The Morgan fingerprint density at radius 3 is 1.11 bits per heavy atom. The number of pyridine rings is 2. The van der Waals surface area contributed by atoms with Crippen molar-refractivity contribution in [1.29, 1.82) is 0 Å². The van der Waals surface area contributed by atoms with E-state index >= 15 is 0 Å². The Bertz CT molecular complexity index is 1800. The highest BCUT2D eigenvalue weighted by molar-refractivity contribution is 8.93. The van der Waals surface area contributed by atoms with Gasteiger partial charge in [0.1, 0.15) is 5.82 Å². The maximum Gasteiger partial charge on any atom is 0.123 e. The zero-order valence-corrected chi connectivity index (χ0v) is 46.6. The summed E-state index contributed by atoms with van der Waals surface area (Å²) in [6.45, 7) is 12.9. The number of benzene rings is 3. The summed E-state index contributed by atoms with van der Waals surface area (Å²) in [5.74, 6) is -0.216. The maximum atomic E-state index is 14.3. The van der Waals surface area contributed by atoms with Crippen LogP contribution in [0.5, 0.6) is 0 Å². The predicted molar refractivity (Wildman–Crippen MR) is 294 cm³/mol. The third kappa shape index (κ3) is 21.2. The van der Waals surface area contributed by atoms with Gasteiger partial charge in [-0.2, -0.15) is 0 Å². The average molecular weight is 1280 g/mol. The molecule has 0 saturated heterocycles. The lowest BCUT2D eigenvalue weighted by molar-refractivity contribution is 0.256. The number of rotatable bonds is 7. The summed E-state index contributed by atoms with van der Waals surface area (Å²) in [4.78, 5) is 14.8. The molecule has 4 heterocycles. The minimum Gasteiger partial charge on any atom is -0.412 e. The Hall–Kier alpha value is -1.55. The van der Waals surface area contributed by atoms with E-state index in [2.05, 4.69) is 116 Å². The molecule has 7 rings (SSSR count). The standard InChI is InChI=1S/C47H59FN8.6BrH.2H2O/c48-42-19-17-39(18-20-42)47(40-11-1-9-37(29-40)35-55-25-5-21-49-31-43-13-3-14-44(53-43)32-50-22-6-26-55)41-12-2-10-38(30-41)36-56-27-7-23-51-33-45-15-4-16-46(54-45)34-52-24-8-28-56;;;;;;;;/h1-4,9-20,29-30,47,49-52H,5-8,21-28,31-36H2;6*1H;2*1H2. The summed E-state index contributed by atoms with van der Waals surface area (Å²) < 4.78 is 14.3. The van der Waals surface area contributed by atoms with Gasteiger partial charge in [-0.15, -0.1) is 102 Å². The molecule has 358 valence electrons. The number of hydrogen-bond donors (Lipinski definition) is 4. The molecule has 0 saturated carbocycles. The van der Waals surface area contributed by atoms with Gasteiger partial charge in [0.05, 0.1) is 22.8 Å². The Morgan fingerprint density at radius 1 is 0.438 bits per heavy atom. The van der Waals surface area contributed by atoms with Crippen molar-refractivity contribution in [2.45, 2.75) is 70.9 Å². The van der Waals surface area contributed by atoms with E-state index in [1.54, 1.807) is 12.1 Å². The van der Waals surface area contributed by atoms with Crippen molar-refractivity contribution < 1.29 is 15.3 Å². The second kappa shape index (κ2) is 35.6. The molecule has 0 atom stereocenters. The van der Waals surface area contributed by atoms with E-state index in [0.29, 0.717) is 0 Å². The first-order chi connectivity index (χ1) is 27.6. The van der Waals surface area contributed by atoms with Gasteiger partial charge < -0.3 is 32.2 Å². The summed E-state index contributed by atoms with van der Waals surface area (Å²) in [7, 11) is 0. The molecule has 5 aromatic rings. The lowest BCUT2D eigenvalue weighted by atomic mass is 9.84. The fourth-order valence-electron chi connectivity index (χ4n) is 8.06. The van der Waals surface area contributed by atoms with Crippen LogP contribution in [0.2, 0.25) is 0 Å². The molecule has 0 unspecified atom stereocenters. The van der Waals surface area contributed by atoms with Crippen molar-refractivity contribution in [3.63, 3.8) is 0 Å². The highest BCUT2D eigenvalue weighted by Gasteiger charge is 2.19. The van der Waals surface area contributed by atoms with Crippen LogP contribution < -0.4 is 21.3 Å². The second-order valence-electron chi connectivity index (χ2n) is 15.4. The molecule has 2 aromatic heterocycles. The zero-order chi connectivity index (χ0) is 38.2. The monoisotopic (exact) mass is 1270 g/mol. The van der Waals surface area contributed by atoms with Crippen LogP contribution in [0, 0.1) is 5.82 Å². The van der Waals surface area contributed by atoms with Crippen LogP contribution >= 0.6 is 102 Å². The van der Waals surface area contributed by atoms with Crippen molar-refractivity contribution in [3.05, 3.63) is 166 Å². The van der Waals surface area contributed by atoms with Crippen molar-refractivity contribution >= 4 is 102 Å². The molecular formula is C47H69Br6FN8O2. The number of halogens is 7. The SMILES string of the molecule is Br.Br.Br.Br.Br.Br.Fc1ccc(C(c2cccc(CN3CCCNCc4cccc(n4)CNCCC3)c2)c2cccc(CN3CCCNCc4cccc(n4)CNCCC3)c2)cc1.O.O. The second-order valence-corrected chi connectivity index (χ2v) is 15.4. The largest absolute Gasteiger partial charge is 0.412 e. The Kier molecular flexibility index (Phi) is 35.9. The van der Waals surface area contributed by atoms with Gasteiger partial charge in [-0.1, -0.05) is 72.8 Å². The first-order valence-corrected chi connectivity index (χ1v) is 20.7. The summed E-state index contributed by atoms with van der Waals surface area (Å²) in [5, 5.41) is 14.4. The van der Waals surface area contributed by atoms with E-state index in [9.17, 15) is 4.39 Å². The van der Waals surface area contributed by atoms with Gasteiger partial charge in [0.2, 0.25) is 0 Å². The van der Waals surface area contributed by atoms with Crippen molar-refractivity contribution in [3.8, 4) is 0 Å². The van der Waals surface area contributed by atoms with Gasteiger partial charge in [0, 0.05) is 45.2 Å². The third-order valence-corrected chi connectivity index (χ3v) is 10.8. The van der Waals surface area contributed by atoms with Crippen LogP contribution in [0.15, 0.2) is 109 Å². The molecule has 17 heteroatoms. The van der Waals surface area contributed by atoms with Crippen LogP contribution in [0.4, 0.5) is 4.39 Å². The zero-order valence-electron chi connectivity index (χ0n) is 36.3. The number of nitrogens with zero attached hydrogens (tertiary/aromatic N) is 4. The molecule has 2 aliphatic heterocycles. The quantitative estimate of drug-likeness (QED) is 0.119. The fraction of sp³-hybridized carbons (Fsp3) is 0.404. The number of nitrogens with one attached hydrogen (secondary N) is 4. The van der Waals surface area contributed by atoms with Gasteiger partial charge in [0.15, 0.2) is 0 Å². The van der Waals surface area contributed by atoms with E-state index < -0.39 is 0 Å². The van der Waals surface area contributed by atoms with Crippen LogP contribution in [-0.4, -0.2) is 83.1 Å². The van der Waals surface area contributed by atoms with Gasteiger partial charge >= 0.3 is 0 Å². The van der Waals surface area contributed by atoms with Crippen molar-refractivity contribution in [2.24, 2.45) is 0 Å². The first kappa shape index (κ1) is 64.5. The molecule has 0 aliphatic carbocycles. The van der Waals surface area contributed by atoms with E-state index in [-0.39, 0.29) is 125 Å². The molecule has 64 heavy (non-hydrogen) atoms. The molecule has 2 aliphatic rings. The van der Waals surface area contributed by atoms with E-state index in [1.807, 2.05) is 12.1 Å². The van der Waals surface area contributed by atoms with Gasteiger partial charge in [-0.05, 0) is 142 Å². The van der Waals surface area contributed by atoms with E-state index in [0.717, 1.165) is 146 Å². The maximum absolute atomic E-state index is 14.3. The molecule has 0 amide bonds. The van der Waals surface area contributed by atoms with Gasteiger partial charge in [-0.3, -0.25) is 19.8 Å². The molecule has 0 spiro atoms. The van der Waals surface area contributed by atoms with Crippen LogP contribution in [0.3, 0.4) is 0 Å². The fourth-order valence-corrected chi connectivity index (χ4v) is 8.06. The summed E-state index contributed by atoms with van der Waals surface area (Å²) in [6, 6.07) is 37.9. The molecule has 4 bridgehead atoms. The number of hydrogen-bond acceptors (Lipinski definition) is 8. The molecule has 3 aromatic carbocycles. The van der Waals surface area contributed by atoms with Crippen molar-refractivity contribution in [1.82, 2.24) is 41.0 Å². The Balaban J connectivity index is 0. The smallest absolute Gasteiger partial charge is 0.123 e. The molecule has 0 fully saturated rings. The normalized spacial score (nSPS) is 15.3. The highest BCUT2D eigenvalue weighted by Crippen LogP contribution is 2.33. The summed E-state index contributed by atoms with van der Waals surface area (Å²) in [5.41, 5.74) is 10.6. The third-order valence-electron chi connectivity index (χ3n) is 10.8. The van der Waals surface area contributed by atoms with E-state index in [4.69, 9.17) is 9.97 Å². The molecule has 8 N–H and O–H groups in total. The van der Waals surface area contributed by atoms with Crippen molar-refractivity contribution in [2.75, 3.05) is 52.4 Å². The minimum atomic E-state index is -0.208. The highest BCUT2D eigenvalue weighted by atomic mass is 79.9. The number of aromatic nitrogens is 2. The van der Waals surface area contributed by atoms with Crippen LogP contribution in [-0.2, 0) is 39.3 Å². The van der Waals surface area contributed by atoms with Crippen LogP contribution in [0.25, 0.3) is 0 Å². The Labute approximate surface area is 443 Å². The first-order valence-electron chi connectivity index (χ1n) is 20.7. The predicted octanol–water partition coefficient (Wildman–Crippen LogP) is 8.56. The molecule has 10 nitrogen and oxygen atoms in total. The number of fused-ring (bicyclic) bond motifs is 4.